The number of carbonyl (C=O) groups excluding carboxylic acids is 1. The fraction of sp³-hybridized carbons (Fsp3) is 0.211. The lowest BCUT2D eigenvalue weighted by Crippen LogP contribution is -2.14. The fourth-order valence-corrected chi connectivity index (χ4v) is 2.57. The maximum absolute atomic E-state index is 11.4. The standard InChI is InChI=1S/C19H21N5O3/c1-2-26-17(25)11-27-14-5-3-4-12(8-14)10-22-13-6-7-16-15(9-13)18(20)24-19(21)23-16/h3-9,22H,2,10-11H2,1H3,(H4,20,21,23,24). The van der Waals surface area contributed by atoms with Crippen molar-refractivity contribution in [1.82, 2.24) is 9.97 Å². The molecule has 1 aromatic heterocycles. The molecule has 3 rings (SSSR count). The number of rotatable bonds is 7. The van der Waals surface area contributed by atoms with Crippen LogP contribution in [-0.4, -0.2) is 29.2 Å². The van der Waals surface area contributed by atoms with Crippen molar-refractivity contribution in [2.24, 2.45) is 0 Å². The SMILES string of the molecule is CCOC(=O)COc1cccc(CNc2ccc3nc(N)nc(N)c3c2)c1. The molecule has 8 nitrogen and oxygen atoms in total. The minimum absolute atomic E-state index is 0.113. The summed E-state index contributed by atoms with van der Waals surface area (Å²) in [6.45, 7) is 2.54. The van der Waals surface area contributed by atoms with E-state index in [1.807, 2.05) is 36.4 Å². The maximum atomic E-state index is 11.4. The van der Waals surface area contributed by atoms with Crippen molar-refractivity contribution in [3.05, 3.63) is 48.0 Å². The predicted molar refractivity (Wildman–Crippen MR) is 104 cm³/mol. The van der Waals surface area contributed by atoms with E-state index in [-0.39, 0.29) is 12.6 Å². The molecule has 0 atom stereocenters. The molecule has 0 aliphatic carbocycles. The third kappa shape index (κ3) is 4.75. The number of benzene rings is 2. The maximum Gasteiger partial charge on any atom is 0.344 e. The van der Waals surface area contributed by atoms with Gasteiger partial charge in [0.25, 0.3) is 0 Å². The van der Waals surface area contributed by atoms with Gasteiger partial charge in [0, 0.05) is 17.6 Å². The van der Waals surface area contributed by atoms with Gasteiger partial charge in [0.05, 0.1) is 12.1 Å². The van der Waals surface area contributed by atoms with Crippen LogP contribution in [0, 0.1) is 0 Å². The number of esters is 1. The second kappa shape index (κ2) is 8.22. The summed E-state index contributed by atoms with van der Waals surface area (Å²) in [5.41, 5.74) is 14.1. The number of hydrogen-bond donors (Lipinski definition) is 3. The van der Waals surface area contributed by atoms with E-state index in [0.29, 0.717) is 30.2 Å². The molecule has 27 heavy (non-hydrogen) atoms. The second-order valence-corrected chi connectivity index (χ2v) is 5.79. The zero-order valence-electron chi connectivity index (χ0n) is 14.9. The molecule has 0 aliphatic rings. The first kappa shape index (κ1) is 18.2. The molecule has 0 radical (unpaired) electrons. The minimum atomic E-state index is -0.391. The van der Waals surface area contributed by atoms with E-state index in [1.165, 1.54) is 0 Å². The van der Waals surface area contributed by atoms with Crippen molar-refractivity contribution >= 4 is 34.3 Å². The molecular formula is C19H21N5O3. The highest BCUT2D eigenvalue weighted by atomic mass is 16.6. The third-order valence-corrected chi connectivity index (χ3v) is 3.80. The molecule has 3 aromatic rings. The molecule has 0 spiro atoms. The van der Waals surface area contributed by atoms with E-state index < -0.39 is 5.97 Å². The Balaban J connectivity index is 1.65. The van der Waals surface area contributed by atoms with Crippen LogP contribution in [0.5, 0.6) is 5.75 Å². The number of fused-ring (bicyclic) bond motifs is 1. The number of hydrogen-bond acceptors (Lipinski definition) is 8. The average molecular weight is 367 g/mol. The molecule has 0 amide bonds. The van der Waals surface area contributed by atoms with Crippen LogP contribution in [0.1, 0.15) is 12.5 Å². The zero-order valence-corrected chi connectivity index (χ0v) is 14.9. The Morgan fingerprint density at radius 1 is 1.15 bits per heavy atom. The Labute approximate surface area is 156 Å². The van der Waals surface area contributed by atoms with Crippen molar-refractivity contribution in [1.29, 1.82) is 0 Å². The first-order valence-corrected chi connectivity index (χ1v) is 8.49. The van der Waals surface area contributed by atoms with Gasteiger partial charge < -0.3 is 26.3 Å². The van der Waals surface area contributed by atoms with Crippen LogP contribution in [0.3, 0.4) is 0 Å². The number of carbonyl (C=O) groups is 1. The third-order valence-electron chi connectivity index (χ3n) is 3.80. The number of nitrogens with two attached hydrogens (primary N) is 2. The van der Waals surface area contributed by atoms with E-state index in [2.05, 4.69) is 15.3 Å². The largest absolute Gasteiger partial charge is 0.482 e. The lowest BCUT2D eigenvalue weighted by atomic mass is 10.2. The first-order chi connectivity index (χ1) is 13.0. The Bertz CT molecular complexity index is 961. The van der Waals surface area contributed by atoms with Gasteiger partial charge in [0.15, 0.2) is 6.61 Å². The fourth-order valence-electron chi connectivity index (χ4n) is 2.57. The summed E-state index contributed by atoms with van der Waals surface area (Å²) >= 11 is 0. The van der Waals surface area contributed by atoms with Gasteiger partial charge in [-0.05, 0) is 42.8 Å². The first-order valence-electron chi connectivity index (χ1n) is 8.49. The van der Waals surface area contributed by atoms with Crippen LogP contribution < -0.4 is 21.5 Å². The quantitative estimate of drug-likeness (QED) is 0.543. The van der Waals surface area contributed by atoms with E-state index in [9.17, 15) is 4.79 Å². The van der Waals surface area contributed by atoms with Crippen LogP contribution in [0.2, 0.25) is 0 Å². The van der Waals surface area contributed by atoms with Gasteiger partial charge in [-0.2, -0.15) is 4.98 Å². The van der Waals surface area contributed by atoms with Gasteiger partial charge in [-0.3, -0.25) is 0 Å². The summed E-state index contributed by atoms with van der Waals surface area (Å²) in [6, 6.07) is 13.1. The Hall–Kier alpha value is -3.55. The van der Waals surface area contributed by atoms with Gasteiger partial charge in [-0.15, -0.1) is 0 Å². The molecule has 0 aliphatic heterocycles. The molecule has 0 bridgehead atoms. The lowest BCUT2D eigenvalue weighted by molar-refractivity contribution is -0.145. The number of anilines is 3. The van der Waals surface area contributed by atoms with Gasteiger partial charge in [-0.1, -0.05) is 12.1 Å². The molecule has 0 fully saturated rings. The average Bonchev–Trinajstić information content (AvgIpc) is 2.65. The van der Waals surface area contributed by atoms with Crippen LogP contribution >= 0.6 is 0 Å². The zero-order chi connectivity index (χ0) is 19.2. The van der Waals surface area contributed by atoms with Crippen molar-refractivity contribution in [3.8, 4) is 5.75 Å². The molecular weight excluding hydrogens is 346 g/mol. The summed E-state index contributed by atoms with van der Waals surface area (Å²) in [5, 5.41) is 4.05. The Kier molecular flexibility index (Phi) is 5.55. The summed E-state index contributed by atoms with van der Waals surface area (Å²) in [5.74, 6) is 0.711. The topological polar surface area (TPSA) is 125 Å². The normalized spacial score (nSPS) is 10.6. The summed E-state index contributed by atoms with van der Waals surface area (Å²) in [6.07, 6.45) is 0. The van der Waals surface area contributed by atoms with Crippen molar-refractivity contribution < 1.29 is 14.3 Å². The highest BCUT2D eigenvalue weighted by Crippen LogP contribution is 2.23. The van der Waals surface area contributed by atoms with E-state index in [1.54, 1.807) is 13.0 Å². The lowest BCUT2D eigenvalue weighted by Gasteiger charge is -2.10. The summed E-state index contributed by atoms with van der Waals surface area (Å²) in [4.78, 5) is 19.5. The molecule has 140 valence electrons. The molecule has 5 N–H and O–H groups in total. The molecule has 0 unspecified atom stereocenters. The van der Waals surface area contributed by atoms with Crippen molar-refractivity contribution in [2.45, 2.75) is 13.5 Å². The van der Waals surface area contributed by atoms with Crippen LogP contribution in [0.15, 0.2) is 42.5 Å². The smallest absolute Gasteiger partial charge is 0.344 e. The molecule has 1 heterocycles. The highest BCUT2D eigenvalue weighted by molar-refractivity contribution is 5.91. The molecule has 0 saturated carbocycles. The number of aromatic nitrogens is 2. The number of ether oxygens (including phenoxy) is 2. The van der Waals surface area contributed by atoms with Crippen LogP contribution in [-0.2, 0) is 16.1 Å². The Morgan fingerprint density at radius 3 is 2.81 bits per heavy atom. The second-order valence-electron chi connectivity index (χ2n) is 5.79. The predicted octanol–water partition coefficient (Wildman–Crippen LogP) is 2.35. The summed E-state index contributed by atoms with van der Waals surface area (Å²) in [7, 11) is 0. The van der Waals surface area contributed by atoms with Crippen LogP contribution in [0.4, 0.5) is 17.5 Å². The summed E-state index contributed by atoms with van der Waals surface area (Å²) < 4.78 is 10.3. The van der Waals surface area contributed by atoms with Crippen molar-refractivity contribution in [2.75, 3.05) is 30.0 Å². The molecule has 0 saturated heterocycles. The monoisotopic (exact) mass is 367 g/mol. The highest BCUT2D eigenvalue weighted by Gasteiger charge is 2.06. The van der Waals surface area contributed by atoms with Gasteiger partial charge in [-0.25, -0.2) is 9.78 Å². The van der Waals surface area contributed by atoms with Gasteiger partial charge in [0.2, 0.25) is 5.95 Å². The molecule has 2 aromatic carbocycles. The van der Waals surface area contributed by atoms with Gasteiger partial charge in [0.1, 0.15) is 11.6 Å². The van der Waals surface area contributed by atoms with Gasteiger partial charge >= 0.3 is 5.97 Å². The number of nitrogens with zero attached hydrogens (tertiary/aromatic N) is 2. The minimum Gasteiger partial charge on any atom is -0.482 e. The van der Waals surface area contributed by atoms with E-state index in [0.717, 1.165) is 16.6 Å². The number of nitrogens with one attached hydrogen (secondary N) is 1. The molecule has 8 heteroatoms. The van der Waals surface area contributed by atoms with E-state index >= 15 is 0 Å². The Morgan fingerprint density at radius 2 is 2.00 bits per heavy atom. The van der Waals surface area contributed by atoms with Crippen LogP contribution in [0.25, 0.3) is 10.9 Å². The van der Waals surface area contributed by atoms with Crippen molar-refractivity contribution in [3.63, 3.8) is 0 Å². The number of nitrogen functional groups attached to an aromatic ring is 2. The van der Waals surface area contributed by atoms with E-state index in [4.69, 9.17) is 20.9 Å².